The average molecular weight is 240 g/mol. The monoisotopic (exact) mass is 240 g/mol. The van der Waals surface area contributed by atoms with Gasteiger partial charge in [-0.25, -0.2) is 4.68 Å². The Labute approximate surface area is 101 Å². The first kappa shape index (κ1) is 13.5. The van der Waals surface area contributed by atoms with Crippen LogP contribution >= 0.6 is 0 Å². The third-order valence-corrected chi connectivity index (χ3v) is 3.10. The van der Waals surface area contributed by atoms with E-state index < -0.39 is 0 Å². The molecule has 0 spiro atoms. The molecule has 96 valence electrons. The van der Waals surface area contributed by atoms with Crippen LogP contribution in [0.5, 0.6) is 0 Å². The molecule has 0 radical (unpaired) electrons. The Morgan fingerprint density at radius 2 is 2.06 bits per heavy atom. The van der Waals surface area contributed by atoms with E-state index in [1.807, 2.05) is 0 Å². The van der Waals surface area contributed by atoms with Crippen molar-refractivity contribution in [2.75, 3.05) is 11.9 Å². The van der Waals surface area contributed by atoms with Gasteiger partial charge in [0.1, 0.15) is 5.69 Å². The van der Waals surface area contributed by atoms with Gasteiger partial charge < -0.3 is 5.32 Å². The highest BCUT2D eigenvalue weighted by Gasteiger charge is 2.24. The molecule has 6 heteroatoms. The van der Waals surface area contributed by atoms with Crippen LogP contribution in [-0.2, 0) is 7.05 Å². The third kappa shape index (κ3) is 2.95. The maximum absolute atomic E-state index is 10.9. The van der Waals surface area contributed by atoms with Gasteiger partial charge in [-0.15, -0.1) is 0 Å². The summed E-state index contributed by atoms with van der Waals surface area (Å²) in [6.45, 7) is 8.74. The number of hydrogen-bond donors (Lipinski definition) is 1. The van der Waals surface area contributed by atoms with Crippen molar-refractivity contribution in [2.45, 2.75) is 27.7 Å². The number of nitro groups is 1. The number of nitrogens with one attached hydrogen (secondary N) is 1. The molecule has 1 atom stereocenters. The quantitative estimate of drug-likeness (QED) is 0.633. The molecule has 0 fully saturated rings. The Morgan fingerprint density at radius 3 is 2.53 bits per heavy atom. The molecule has 0 saturated heterocycles. The molecular formula is C11H20N4O2. The molecule has 0 amide bonds. The number of nitrogens with zero attached hydrogens (tertiary/aromatic N) is 3. The molecule has 1 unspecified atom stereocenters. The lowest BCUT2D eigenvalue weighted by atomic mass is 9.98. The summed E-state index contributed by atoms with van der Waals surface area (Å²) in [5.74, 6) is 1.47. The summed E-state index contributed by atoms with van der Waals surface area (Å²) < 4.78 is 1.53. The molecule has 0 aliphatic rings. The van der Waals surface area contributed by atoms with Gasteiger partial charge in [-0.1, -0.05) is 20.8 Å². The molecular weight excluding hydrogens is 220 g/mol. The summed E-state index contributed by atoms with van der Waals surface area (Å²) in [5.41, 5.74) is 0.514. The van der Waals surface area contributed by atoms with E-state index in [1.54, 1.807) is 14.0 Å². The summed E-state index contributed by atoms with van der Waals surface area (Å²) in [5, 5.41) is 18.1. The molecule has 6 nitrogen and oxygen atoms in total. The van der Waals surface area contributed by atoms with Crippen LogP contribution in [0.2, 0.25) is 0 Å². The van der Waals surface area contributed by atoms with Crippen LogP contribution in [0.3, 0.4) is 0 Å². The van der Waals surface area contributed by atoms with Gasteiger partial charge in [-0.3, -0.25) is 10.1 Å². The Hall–Kier alpha value is -1.59. The number of rotatable bonds is 5. The van der Waals surface area contributed by atoms with Gasteiger partial charge >= 0.3 is 5.69 Å². The molecule has 0 aliphatic heterocycles. The molecule has 1 aromatic heterocycles. The van der Waals surface area contributed by atoms with E-state index in [2.05, 4.69) is 31.2 Å². The maximum atomic E-state index is 10.9. The van der Waals surface area contributed by atoms with E-state index in [0.29, 0.717) is 29.9 Å². The van der Waals surface area contributed by atoms with Gasteiger partial charge in [0.15, 0.2) is 0 Å². The summed E-state index contributed by atoms with van der Waals surface area (Å²) in [4.78, 5) is 10.6. The van der Waals surface area contributed by atoms with Gasteiger partial charge in [-0.05, 0) is 18.8 Å². The molecule has 1 rings (SSSR count). The molecule has 17 heavy (non-hydrogen) atoms. The first-order chi connectivity index (χ1) is 7.84. The normalized spacial score (nSPS) is 12.8. The van der Waals surface area contributed by atoms with E-state index in [-0.39, 0.29) is 10.6 Å². The topological polar surface area (TPSA) is 73.0 Å². The van der Waals surface area contributed by atoms with E-state index in [1.165, 1.54) is 4.68 Å². The smallest absolute Gasteiger partial charge is 0.333 e. The minimum Gasteiger partial charge on any atom is -0.364 e. The van der Waals surface area contributed by atoms with Crippen LogP contribution in [0, 0.1) is 28.9 Å². The zero-order chi connectivity index (χ0) is 13.2. The minimum atomic E-state index is -0.384. The van der Waals surface area contributed by atoms with Gasteiger partial charge in [0.05, 0.1) is 4.92 Å². The second-order valence-electron chi connectivity index (χ2n) is 4.77. The van der Waals surface area contributed by atoms with Gasteiger partial charge in [-0.2, -0.15) is 5.10 Å². The SMILES string of the molecule is Cc1nn(C)c(NCC(C)C(C)C)c1[N+](=O)[O-]. The van der Waals surface area contributed by atoms with Crippen LogP contribution in [0.4, 0.5) is 11.5 Å². The van der Waals surface area contributed by atoms with E-state index in [4.69, 9.17) is 0 Å². The fraction of sp³-hybridized carbons (Fsp3) is 0.727. The van der Waals surface area contributed by atoms with Crippen molar-refractivity contribution in [1.82, 2.24) is 9.78 Å². The van der Waals surface area contributed by atoms with Crippen LogP contribution in [0.25, 0.3) is 0 Å². The first-order valence-electron chi connectivity index (χ1n) is 5.76. The second-order valence-corrected chi connectivity index (χ2v) is 4.77. The van der Waals surface area contributed by atoms with Crippen LogP contribution in [-0.4, -0.2) is 21.2 Å². The minimum absolute atomic E-state index is 0.0726. The number of aryl methyl sites for hydroxylation is 2. The highest BCUT2D eigenvalue weighted by molar-refractivity contribution is 5.59. The second kappa shape index (κ2) is 5.16. The Balaban J connectivity index is 2.87. The molecule has 1 heterocycles. The Bertz CT molecular complexity index is 412. The predicted octanol–water partition coefficient (Wildman–Crippen LogP) is 2.34. The third-order valence-electron chi connectivity index (χ3n) is 3.10. The summed E-state index contributed by atoms with van der Waals surface area (Å²) in [6.07, 6.45) is 0. The standard InChI is InChI=1S/C11H20N4O2/c1-7(2)8(3)6-12-11-10(15(16)17)9(4)13-14(11)5/h7-8,12H,6H2,1-5H3. The van der Waals surface area contributed by atoms with Gasteiger partial charge in [0.25, 0.3) is 0 Å². The van der Waals surface area contributed by atoms with Crippen LogP contribution in [0.15, 0.2) is 0 Å². The van der Waals surface area contributed by atoms with Crippen molar-refractivity contribution in [3.05, 3.63) is 15.8 Å². The number of aromatic nitrogens is 2. The fourth-order valence-corrected chi connectivity index (χ4v) is 1.56. The molecule has 0 saturated carbocycles. The number of hydrogen-bond acceptors (Lipinski definition) is 4. The van der Waals surface area contributed by atoms with E-state index in [9.17, 15) is 10.1 Å². The molecule has 1 N–H and O–H groups in total. The first-order valence-corrected chi connectivity index (χ1v) is 5.76. The Kier molecular flexibility index (Phi) is 4.09. The fourth-order valence-electron chi connectivity index (χ4n) is 1.56. The maximum Gasteiger partial charge on any atom is 0.333 e. The zero-order valence-corrected chi connectivity index (χ0v) is 11.0. The molecule has 0 bridgehead atoms. The zero-order valence-electron chi connectivity index (χ0n) is 11.0. The lowest BCUT2D eigenvalue weighted by Crippen LogP contribution is -2.18. The van der Waals surface area contributed by atoms with Crippen LogP contribution in [0.1, 0.15) is 26.5 Å². The summed E-state index contributed by atoms with van der Waals surface area (Å²) in [6, 6.07) is 0. The van der Waals surface area contributed by atoms with Gasteiger partial charge in [0.2, 0.25) is 5.82 Å². The largest absolute Gasteiger partial charge is 0.364 e. The summed E-state index contributed by atoms with van der Waals surface area (Å²) >= 11 is 0. The van der Waals surface area contributed by atoms with Crippen LogP contribution < -0.4 is 5.32 Å². The molecule has 0 aromatic carbocycles. The van der Waals surface area contributed by atoms with E-state index in [0.717, 1.165) is 0 Å². The number of anilines is 1. The summed E-state index contributed by atoms with van der Waals surface area (Å²) in [7, 11) is 1.71. The molecule has 0 aliphatic carbocycles. The lowest BCUT2D eigenvalue weighted by molar-refractivity contribution is -0.384. The highest BCUT2D eigenvalue weighted by atomic mass is 16.6. The Morgan fingerprint density at radius 1 is 1.47 bits per heavy atom. The predicted molar refractivity (Wildman–Crippen MR) is 67.1 cm³/mol. The van der Waals surface area contributed by atoms with E-state index >= 15 is 0 Å². The average Bonchev–Trinajstić information content (AvgIpc) is 2.49. The van der Waals surface area contributed by atoms with Crippen molar-refractivity contribution in [3.63, 3.8) is 0 Å². The van der Waals surface area contributed by atoms with Crippen molar-refractivity contribution in [1.29, 1.82) is 0 Å². The molecule has 1 aromatic rings. The van der Waals surface area contributed by atoms with Gasteiger partial charge in [0, 0.05) is 13.6 Å². The van der Waals surface area contributed by atoms with Crippen molar-refractivity contribution < 1.29 is 4.92 Å². The highest BCUT2D eigenvalue weighted by Crippen LogP contribution is 2.27. The van der Waals surface area contributed by atoms with Crippen molar-refractivity contribution in [3.8, 4) is 0 Å². The lowest BCUT2D eigenvalue weighted by Gasteiger charge is -2.16. The van der Waals surface area contributed by atoms with Crippen molar-refractivity contribution >= 4 is 11.5 Å². The van der Waals surface area contributed by atoms with Crippen molar-refractivity contribution in [2.24, 2.45) is 18.9 Å².